The molecule has 98 valence electrons. The van der Waals surface area contributed by atoms with E-state index >= 15 is 0 Å². The molecule has 1 fully saturated rings. The van der Waals surface area contributed by atoms with Gasteiger partial charge in [0.15, 0.2) is 0 Å². The van der Waals surface area contributed by atoms with E-state index in [-0.39, 0.29) is 25.0 Å². The Balaban J connectivity index is 2.47. The normalized spacial score (nSPS) is 22.5. The van der Waals surface area contributed by atoms with E-state index in [1.54, 1.807) is 0 Å². The van der Waals surface area contributed by atoms with Gasteiger partial charge < -0.3 is 20.8 Å². The molecule has 6 nitrogen and oxygen atoms in total. The van der Waals surface area contributed by atoms with Crippen molar-refractivity contribution in [2.75, 3.05) is 13.2 Å². The first-order chi connectivity index (χ1) is 8.15. The Morgan fingerprint density at radius 3 is 2.76 bits per heavy atom. The van der Waals surface area contributed by atoms with Crippen molar-refractivity contribution in [3.05, 3.63) is 0 Å². The average Bonchev–Trinajstić information content (AvgIpc) is 2.56. The maximum absolute atomic E-state index is 11.8. The number of amides is 1. The first kappa shape index (κ1) is 13.9. The minimum absolute atomic E-state index is 0.0355. The van der Waals surface area contributed by atoms with Gasteiger partial charge in [-0.05, 0) is 19.4 Å². The molecule has 0 aromatic heterocycles. The second kappa shape index (κ2) is 7.24. The van der Waals surface area contributed by atoms with Crippen molar-refractivity contribution in [1.82, 2.24) is 10.6 Å². The Morgan fingerprint density at radius 2 is 2.12 bits per heavy atom. The highest BCUT2D eigenvalue weighted by molar-refractivity contribution is 5.86. The van der Waals surface area contributed by atoms with E-state index in [0.29, 0.717) is 0 Å². The molecule has 0 aromatic carbocycles. The molecule has 0 bridgehead atoms. The minimum Gasteiger partial charge on any atom is -0.480 e. The number of carboxylic acid groups (broad SMARTS) is 1. The van der Waals surface area contributed by atoms with Crippen LogP contribution in [-0.2, 0) is 9.59 Å². The Hall–Kier alpha value is -1.14. The van der Waals surface area contributed by atoms with Crippen molar-refractivity contribution in [3.63, 3.8) is 0 Å². The van der Waals surface area contributed by atoms with Crippen molar-refractivity contribution in [1.29, 1.82) is 0 Å². The highest BCUT2D eigenvalue weighted by Gasteiger charge is 2.25. The first-order valence-corrected chi connectivity index (χ1v) is 6.02. The van der Waals surface area contributed by atoms with Crippen LogP contribution in [-0.4, -0.2) is 47.3 Å². The summed E-state index contributed by atoms with van der Waals surface area (Å²) in [5.74, 6) is -1.39. The molecule has 0 saturated carbocycles. The molecular weight excluding hydrogens is 224 g/mol. The zero-order valence-corrected chi connectivity index (χ0v) is 9.82. The van der Waals surface area contributed by atoms with Gasteiger partial charge in [0.25, 0.3) is 0 Å². The van der Waals surface area contributed by atoms with Crippen LogP contribution in [0.25, 0.3) is 0 Å². The SMILES string of the molecule is O=C(O)C(CCO)NC(=O)C1CCCCCN1. The lowest BCUT2D eigenvalue weighted by Gasteiger charge is -2.19. The van der Waals surface area contributed by atoms with Gasteiger partial charge in [0.05, 0.1) is 6.04 Å². The van der Waals surface area contributed by atoms with Gasteiger partial charge in [-0.2, -0.15) is 0 Å². The molecule has 1 aliphatic rings. The summed E-state index contributed by atoms with van der Waals surface area (Å²) in [7, 11) is 0. The predicted octanol–water partition coefficient (Wildman–Crippen LogP) is -0.530. The van der Waals surface area contributed by atoms with Gasteiger partial charge in [-0.25, -0.2) is 4.79 Å². The fourth-order valence-corrected chi connectivity index (χ4v) is 1.91. The molecule has 0 aliphatic carbocycles. The van der Waals surface area contributed by atoms with Gasteiger partial charge in [0.2, 0.25) is 5.91 Å². The third-order valence-electron chi connectivity index (χ3n) is 2.91. The highest BCUT2D eigenvalue weighted by atomic mass is 16.4. The average molecular weight is 244 g/mol. The number of aliphatic hydroxyl groups excluding tert-OH is 1. The van der Waals surface area contributed by atoms with E-state index in [1.807, 2.05) is 0 Å². The molecule has 1 saturated heterocycles. The van der Waals surface area contributed by atoms with Crippen molar-refractivity contribution in [2.24, 2.45) is 0 Å². The summed E-state index contributed by atoms with van der Waals surface area (Å²) >= 11 is 0. The quantitative estimate of drug-likeness (QED) is 0.521. The van der Waals surface area contributed by atoms with Gasteiger partial charge in [0.1, 0.15) is 6.04 Å². The largest absolute Gasteiger partial charge is 0.480 e. The zero-order valence-electron chi connectivity index (χ0n) is 9.82. The number of hydrogen-bond donors (Lipinski definition) is 4. The van der Waals surface area contributed by atoms with E-state index in [2.05, 4.69) is 10.6 Å². The maximum Gasteiger partial charge on any atom is 0.326 e. The van der Waals surface area contributed by atoms with Crippen molar-refractivity contribution in [2.45, 2.75) is 44.2 Å². The van der Waals surface area contributed by atoms with Crippen LogP contribution in [0.15, 0.2) is 0 Å². The smallest absolute Gasteiger partial charge is 0.326 e. The minimum atomic E-state index is -1.11. The van der Waals surface area contributed by atoms with E-state index in [4.69, 9.17) is 10.2 Å². The molecule has 0 aromatic rings. The molecule has 2 unspecified atom stereocenters. The molecule has 1 aliphatic heterocycles. The van der Waals surface area contributed by atoms with Crippen LogP contribution in [0.3, 0.4) is 0 Å². The summed E-state index contributed by atoms with van der Waals surface area (Å²) in [6.45, 7) is 0.533. The van der Waals surface area contributed by atoms with E-state index in [9.17, 15) is 9.59 Å². The molecule has 0 radical (unpaired) electrons. The Labute approximate surface area is 100 Å². The van der Waals surface area contributed by atoms with Crippen LogP contribution in [0.5, 0.6) is 0 Å². The molecular formula is C11H20N2O4. The number of carbonyl (C=O) groups is 2. The van der Waals surface area contributed by atoms with Crippen molar-refractivity contribution < 1.29 is 19.8 Å². The Kier molecular flexibility index (Phi) is 5.93. The zero-order chi connectivity index (χ0) is 12.7. The summed E-state index contributed by atoms with van der Waals surface area (Å²) in [5.41, 5.74) is 0. The van der Waals surface area contributed by atoms with E-state index in [1.165, 1.54) is 0 Å². The molecule has 2 atom stereocenters. The predicted molar refractivity (Wildman–Crippen MR) is 61.5 cm³/mol. The highest BCUT2D eigenvalue weighted by Crippen LogP contribution is 2.08. The number of carboxylic acids is 1. The molecule has 0 spiro atoms. The molecule has 6 heteroatoms. The van der Waals surface area contributed by atoms with Crippen molar-refractivity contribution in [3.8, 4) is 0 Å². The second-order valence-corrected chi connectivity index (χ2v) is 4.27. The van der Waals surface area contributed by atoms with Crippen molar-refractivity contribution >= 4 is 11.9 Å². The van der Waals surface area contributed by atoms with Crippen LogP contribution in [0.2, 0.25) is 0 Å². The number of aliphatic carboxylic acids is 1. The number of rotatable bonds is 5. The first-order valence-electron chi connectivity index (χ1n) is 6.02. The third-order valence-corrected chi connectivity index (χ3v) is 2.91. The van der Waals surface area contributed by atoms with Crippen LogP contribution in [0.4, 0.5) is 0 Å². The number of hydrogen-bond acceptors (Lipinski definition) is 4. The number of nitrogens with one attached hydrogen (secondary N) is 2. The van der Waals surface area contributed by atoms with Gasteiger partial charge in [0, 0.05) is 13.0 Å². The summed E-state index contributed by atoms with van der Waals surface area (Å²) in [6, 6.07) is -1.31. The van der Waals surface area contributed by atoms with Crippen LogP contribution < -0.4 is 10.6 Å². The molecule has 17 heavy (non-hydrogen) atoms. The van der Waals surface area contributed by atoms with Gasteiger partial charge in [-0.15, -0.1) is 0 Å². The molecule has 1 rings (SSSR count). The summed E-state index contributed by atoms with van der Waals surface area (Å²) < 4.78 is 0. The lowest BCUT2D eigenvalue weighted by molar-refractivity contribution is -0.142. The molecule has 4 N–H and O–H groups in total. The lowest BCUT2D eigenvalue weighted by Crippen LogP contribution is -2.50. The number of carbonyl (C=O) groups excluding carboxylic acids is 1. The molecule has 1 heterocycles. The fourth-order valence-electron chi connectivity index (χ4n) is 1.91. The Bertz CT molecular complexity index is 262. The van der Waals surface area contributed by atoms with Gasteiger partial charge in [-0.1, -0.05) is 12.8 Å². The van der Waals surface area contributed by atoms with Crippen LogP contribution >= 0.6 is 0 Å². The van der Waals surface area contributed by atoms with Gasteiger partial charge >= 0.3 is 5.97 Å². The number of aliphatic hydroxyl groups is 1. The maximum atomic E-state index is 11.8. The Morgan fingerprint density at radius 1 is 1.35 bits per heavy atom. The van der Waals surface area contributed by atoms with Crippen LogP contribution in [0.1, 0.15) is 32.1 Å². The lowest BCUT2D eigenvalue weighted by atomic mass is 10.1. The molecule has 1 amide bonds. The van der Waals surface area contributed by atoms with Crippen LogP contribution in [0, 0.1) is 0 Å². The third kappa shape index (κ3) is 4.70. The second-order valence-electron chi connectivity index (χ2n) is 4.27. The standard InChI is InChI=1S/C11H20N2O4/c14-7-5-9(11(16)17)13-10(15)8-4-2-1-3-6-12-8/h8-9,12,14H,1-7H2,(H,13,15)(H,16,17). The van der Waals surface area contributed by atoms with E-state index < -0.39 is 12.0 Å². The van der Waals surface area contributed by atoms with Gasteiger partial charge in [-0.3, -0.25) is 4.79 Å². The fraction of sp³-hybridized carbons (Fsp3) is 0.818. The topological polar surface area (TPSA) is 98.7 Å². The summed E-state index contributed by atoms with van der Waals surface area (Å²) in [4.78, 5) is 22.7. The summed E-state index contributed by atoms with van der Waals surface area (Å²) in [5, 5.41) is 23.1. The van der Waals surface area contributed by atoms with E-state index in [0.717, 1.165) is 32.2 Å². The summed E-state index contributed by atoms with van der Waals surface area (Å²) in [6.07, 6.45) is 3.88. The monoisotopic (exact) mass is 244 g/mol.